The largest absolute Gasteiger partial charge is 0.383 e. The van der Waals surface area contributed by atoms with Crippen molar-refractivity contribution >= 4 is 11.8 Å². The van der Waals surface area contributed by atoms with Crippen molar-refractivity contribution in [1.29, 1.82) is 0 Å². The van der Waals surface area contributed by atoms with Gasteiger partial charge in [-0.2, -0.15) is 0 Å². The Labute approximate surface area is 89.5 Å². The van der Waals surface area contributed by atoms with Gasteiger partial charge in [0.15, 0.2) is 0 Å². The number of ether oxygens (including phenoxy) is 1. The number of nitrogens with one attached hydrogen (secondary N) is 2. The summed E-state index contributed by atoms with van der Waals surface area (Å²) in [5.74, 6) is -0.365. The first kappa shape index (κ1) is 13.9. The lowest BCUT2D eigenvalue weighted by molar-refractivity contribution is -0.126. The minimum atomic E-state index is -0.215. The number of carbonyl (C=O) groups excluding carboxylic acids is 2. The fourth-order valence-electron chi connectivity index (χ4n) is 0.885. The third-order valence-corrected chi connectivity index (χ3v) is 1.68. The van der Waals surface area contributed by atoms with E-state index in [0.29, 0.717) is 32.5 Å². The fourth-order valence-corrected chi connectivity index (χ4v) is 0.885. The van der Waals surface area contributed by atoms with Crippen LogP contribution < -0.4 is 16.4 Å². The van der Waals surface area contributed by atoms with Gasteiger partial charge in [-0.05, 0) is 13.0 Å². The number of rotatable bonds is 8. The molecule has 0 radical (unpaired) electrons. The second kappa shape index (κ2) is 9.42. The molecule has 6 nitrogen and oxygen atoms in total. The smallest absolute Gasteiger partial charge is 0.239 e. The first-order chi connectivity index (χ1) is 7.20. The number of amides is 2. The second-order valence-corrected chi connectivity index (χ2v) is 3.01. The summed E-state index contributed by atoms with van der Waals surface area (Å²) in [4.78, 5) is 22.2. The quantitative estimate of drug-likeness (QED) is 0.436. The molecule has 2 amide bonds. The minimum Gasteiger partial charge on any atom is -0.383 e. The Hall–Kier alpha value is -1.14. The van der Waals surface area contributed by atoms with Gasteiger partial charge in [-0.25, -0.2) is 0 Å². The summed E-state index contributed by atoms with van der Waals surface area (Å²) in [5, 5.41) is 5.09. The van der Waals surface area contributed by atoms with Gasteiger partial charge in [0.2, 0.25) is 11.8 Å². The van der Waals surface area contributed by atoms with Gasteiger partial charge in [0.1, 0.15) is 0 Å². The van der Waals surface area contributed by atoms with Gasteiger partial charge in [-0.15, -0.1) is 0 Å². The highest BCUT2D eigenvalue weighted by atomic mass is 16.5. The molecule has 0 aliphatic rings. The number of hydrogen-bond donors (Lipinski definition) is 3. The Kier molecular flexibility index (Phi) is 8.70. The fraction of sp³-hybridized carbons (Fsp3) is 0.778. The summed E-state index contributed by atoms with van der Waals surface area (Å²) in [5.41, 5.74) is 5.24. The Bertz CT molecular complexity index is 197. The summed E-state index contributed by atoms with van der Waals surface area (Å²) in [6, 6.07) is 0. The van der Waals surface area contributed by atoms with Crippen LogP contribution in [-0.2, 0) is 14.3 Å². The Morgan fingerprint density at radius 3 is 2.60 bits per heavy atom. The molecule has 0 fully saturated rings. The molecule has 0 aromatic carbocycles. The zero-order valence-electron chi connectivity index (χ0n) is 9.04. The van der Waals surface area contributed by atoms with E-state index >= 15 is 0 Å². The first-order valence-electron chi connectivity index (χ1n) is 4.93. The van der Waals surface area contributed by atoms with Crippen molar-refractivity contribution in [2.45, 2.75) is 12.8 Å². The van der Waals surface area contributed by atoms with Crippen molar-refractivity contribution in [1.82, 2.24) is 10.6 Å². The highest BCUT2D eigenvalue weighted by Crippen LogP contribution is 1.84. The average Bonchev–Trinajstić information content (AvgIpc) is 2.24. The van der Waals surface area contributed by atoms with Gasteiger partial charge < -0.3 is 21.1 Å². The van der Waals surface area contributed by atoms with Crippen LogP contribution in [0.1, 0.15) is 12.8 Å². The lowest BCUT2D eigenvalue weighted by Gasteiger charge is -2.05. The molecule has 88 valence electrons. The third-order valence-electron chi connectivity index (χ3n) is 1.68. The number of methoxy groups -OCH3 is 1. The number of carbonyl (C=O) groups is 2. The van der Waals surface area contributed by atoms with Crippen LogP contribution in [0.15, 0.2) is 0 Å². The minimum absolute atomic E-state index is 0.00706. The number of nitrogens with two attached hydrogens (primary N) is 1. The molecule has 0 atom stereocenters. The monoisotopic (exact) mass is 217 g/mol. The van der Waals surface area contributed by atoms with Gasteiger partial charge in [0.05, 0.1) is 13.2 Å². The molecule has 0 saturated heterocycles. The lowest BCUT2D eigenvalue weighted by atomic mass is 10.3. The van der Waals surface area contributed by atoms with E-state index in [2.05, 4.69) is 10.6 Å². The van der Waals surface area contributed by atoms with Crippen LogP contribution in [0.3, 0.4) is 0 Å². The standard InChI is InChI=1S/C9H19N3O3/c1-15-6-5-11-9(14)7-12-8(13)3-2-4-10/h2-7,10H2,1H3,(H,11,14)(H,12,13). The molecule has 0 aliphatic carbocycles. The molecule has 0 aliphatic heterocycles. The molecule has 0 unspecified atom stereocenters. The molecule has 15 heavy (non-hydrogen) atoms. The summed E-state index contributed by atoms with van der Waals surface area (Å²) < 4.78 is 4.75. The summed E-state index contributed by atoms with van der Waals surface area (Å²) in [6.45, 7) is 1.40. The SMILES string of the molecule is COCCNC(=O)CNC(=O)CCCN. The van der Waals surface area contributed by atoms with E-state index in [4.69, 9.17) is 10.5 Å². The van der Waals surface area contributed by atoms with E-state index in [9.17, 15) is 9.59 Å². The van der Waals surface area contributed by atoms with Crippen LogP contribution in [0.5, 0.6) is 0 Å². The van der Waals surface area contributed by atoms with Crippen molar-refractivity contribution in [3.05, 3.63) is 0 Å². The first-order valence-corrected chi connectivity index (χ1v) is 4.93. The van der Waals surface area contributed by atoms with Crippen LogP contribution >= 0.6 is 0 Å². The summed E-state index contributed by atoms with van der Waals surface area (Å²) in [6.07, 6.45) is 0.999. The molecule has 0 bridgehead atoms. The van der Waals surface area contributed by atoms with Crippen LogP contribution in [-0.4, -0.2) is 45.2 Å². The maximum Gasteiger partial charge on any atom is 0.239 e. The maximum absolute atomic E-state index is 11.1. The molecule has 4 N–H and O–H groups in total. The Morgan fingerprint density at radius 2 is 2.00 bits per heavy atom. The van der Waals surface area contributed by atoms with E-state index in [1.54, 1.807) is 7.11 Å². The normalized spacial score (nSPS) is 9.73. The summed E-state index contributed by atoms with van der Waals surface area (Å²) >= 11 is 0. The van der Waals surface area contributed by atoms with E-state index in [0.717, 1.165) is 0 Å². The van der Waals surface area contributed by atoms with Gasteiger partial charge in [0, 0.05) is 20.1 Å². The van der Waals surface area contributed by atoms with Crippen LogP contribution in [0.2, 0.25) is 0 Å². The molecular formula is C9H19N3O3. The molecule has 0 rings (SSSR count). The average molecular weight is 217 g/mol. The second-order valence-electron chi connectivity index (χ2n) is 3.01. The van der Waals surface area contributed by atoms with Crippen molar-refractivity contribution in [2.24, 2.45) is 5.73 Å². The van der Waals surface area contributed by atoms with Gasteiger partial charge >= 0.3 is 0 Å². The molecule has 0 aromatic heterocycles. The van der Waals surface area contributed by atoms with E-state index in [1.165, 1.54) is 0 Å². The highest BCUT2D eigenvalue weighted by molar-refractivity contribution is 5.84. The zero-order valence-corrected chi connectivity index (χ0v) is 9.04. The van der Waals surface area contributed by atoms with Gasteiger partial charge in [-0.1, -0.05) is 0 Å². The van der Waals surface area contributed by atoms with Crippen molar-refractivity contribution in [2.75, 3.05) is 33.4 Å². The predicted molar refractivity (Wildman–Crippen MR) is 56.2 cm³/mol. The molecule has 6 heteroatoms. The van der Waals surface area contributed by atoms with E-state index in [-0.39, 0.29) is 18.4 Å². The zero-order chi connectivity index (χ0) is 11.5. The molecular weight excluding hydrogens is 198 g/mol. The van der Waals surface area contributed by atoms with Crippen molar-refractivity contribution < 1.29 is 14.3 Å². The molecule has 0 spiro atoms. The maximum atomic E-state index is 11.1. The van der Waals surface area contributed by atoms with Crippen molar-refractivity contribution in [3.63, 3.8) is 0 Å². The van der Waals surface area contributed by atoms with Crippen molar-refractivity contribution in [3.8, 4) is 0 Å². The molecule has 0 heterocycles. The van der Waals surface area contributed by atoms with E-state index < -0.39 is 0 Å². The molecule has 0 saturated carbocycles. The number of hydrogen-bond acceptors (Lipinski definition) is 4. The van der Waals surface area contributed by atoms with Crippen LogP contribution in [0.4, 0.5) is 0 Å². The van der Waals surface area contributed by atoms with Gasteiger partial charge in [0.25, 0.3) is 0 Å². The van der Waals surface area contributed by atoms with Gasteiger partial charge in [-0.3, -0.25) is 9.59 Å². The Balaban J connectivity index is 3.40. The lowest BCUT2D eigenvalue weighted by Crippen LogP contribution is -2.38. The topological polar surface area (TPSA) is 93.5 Å². The molecule has 0 aromatic rings. The van der Waals surface area contributed by atoms with E-state index in [1.807, 2.05) is 0 Å². The highest BCUT2D eigenvalue weighted by Gasteiger charge is 2.03. The summed E-state index contributed by atoms with van der Waals surface area (Å²) in [7, 11) is 1.56. The predicted octanol–water partition coefficient (Wildman–Crippen LogP) is -1.40. The Morgan fingerprint density at radius 1 is 1.27 bits per heavy atom. The van der Waals surface area contributed by atoms with Crippen LogP contribution in [0, 0.1) is 0 Å². The van der Waals surface area contributed by atoms with Crippen LogP contribution in [0.25, 0.3) is 0 Å². The third kappa shape index (κ3) is 9.17.